The van der Waals surface area contributed by atoms with Crippen molar-refractivity contribution in [2.24, 2.45) is 5.92 Å². The van der Waals surface area contributed by atoms with Crippen molar-refractivity contribution >= 4 is 22.8 Å². The van der Waals surface area contributed by atoms with Crippen LogP contribution in [-0.4, -0.2) is 26.2 Å². The maximum atomic E-state index is 12.0. The van der Waals surface area contributed by atoms with Gasteiger partial charge in [-0.1, -0.05) is 6.07 Å². The summed E-state index contributed by atoms with van der Waals surface area (Å²) in [6.07, 6.45) is 2.30. The van der Waals surface area contributed by atoms with Gasteiger partial charge in [-0.05, 0) is 42.4 Å². The number of nitrogens with one attached hydrogen (secondary N) is 1. The van der Waals surface area contributed by atoms with Crippen LogP contribution in [-0.2, 0) is 6.54 Å². The molecule has 0 unspecified atom stereocenters. The molecule has 0 bridgehead atoms. The average molecular weight is 264 g/mol. The van der Waals surface area contributed by atoms with Gasteiger partial charge in [-0.15, -0.1) is 0 Å². The number of fused-ring (bicyclic) bond motifs is 1. The molecule has 1 aromatic carbocycles. The molecule has 3 rings (SSSR count). The summed E-state index contributed by atoms with van der Waals surface area (Å²) in [6.45, 7) is 0.705. The number of aromatic hydroxyl groups is 1. The van der Waals surface area contributed by atoms with E-state index < -0.39 is 0 Å². The van der Waals surface area contributed by atoms with Crippen LogP contribution in [0.1, 0.15) is 12.8 Å². The van der Waals surface area contributed by atoms with E-state index in [-0.39, 0.29) is 11.4 Å². The summed E-state index contributed by atoms with van der Waals surface area (Å²) in [6, 6.07) is 5.20. The van der Waals surface area contributed by atoms with Crippen molar-refractivity contribution in [3.63, 3.8) is 0 Å². The predicted octanol–water partition coefficient (Wildman–Crippen LogP) is 2.18. The lowest BCUT2D eigenvalue weighted by Gasteiger charge is -2.21. The molecule has 0 aliphatic carbocycles. The van der Waals surface area contributed by atoms with Gasteiger partial charge in [-0.2, -0.15) is 11.8 Å². The minimum Gasteiger partial charge on any atom is -0.506 e. The van der Waals surface area contributed by atoms with Crippen molar-refractivity contribution in [1.29, 1.82) is 0 Å². The Bertz CT molecular complexity index is 611. The first-order valence-electron chi connectivity index (χ1n) is 6.24. The Hall–Kier alpha value is -1.36. The standard InChI is InChI=1S/C13H16N2O2S/c16-11-3-1-2-10-12(11)15(13(17)14-10)8-9-4-6-18-7-5-9/h1-3,9,16H,4-8H2,(H,14,17). The maximum Gasteiger partial charge on any atom is 0.326 e. The van der Waals surface area contributed by atoms with Gasteiger partial charge in [0.15, 0.2) is 0 Å². The highest BCUT2D eigenvalue weighted by Crippen LogP contribution is 2.27. The number of hydrogen-bond acceptors (Lipinski definition) is 3. The highest BCUT2D eigenvalue weighted by molar-refractivity contribution is 7.99. The molecular weight excluding hydrogens is 248 g/mol. The summed E-state index contributed by atoms with van der Waals surface area (Å²) >= 11 is 1.98. The molecular formula is C13H16N2O2S. The normalized spacial score (nSPS) is 17.3. The van der Waals surface area contributed by atoms with Gasteiger partial charge in [0.1, 0.15) is 11.3 Å². The first kappa shape index (κ1) is 11.7. The Morgan fingerprint density at radius 1 is 1.39 bits per heavy atom. The van der Waals surface area contributed by atoms with Gasteiger partial charge in [-0.3, -0.25) is 4.57 Å². The summed E-state index contributed by atoms with van der Waals surface area (Å²) in [7, 11) is 0. The summed E-state index contributed by atoms with van der Waals surface area (Å²) < 4.78 is 1.69. The second-order valence-electron chi connectivity index (χ2n) is 4.77. The molecule has 0 amide bonds. The summed E-state index contributed by atoms with van der Waals surface area (Å²) in [5.74, 6) is 3.07. The molecule has 1 saturated heterocycles. The molecule has 2 aromatic rings. The summed E-state index contributed by atoms with van der Waals surface area (Å²) in [4.78, 5) is 14.8. The summed E-state index contributed by atoms with van der Waals surface area (Å²) in [5, 5.41) is 9.91. The number of H-pyrrole nitrogens is 1. The number of phenolic OH excluding ortho intramolecular Hbond substituents is 1. The third kappa shape index (κ3) is 2.03. The van der Waals surface area contributed by atoms with Gasteiger partial charge in [0, 0.05) is 6.54 Å². The fourth-order valence-electron chi connectivity index (χ4n) is 2.56. The molecule has 1 aromatic heterocycles. The molecule has 4 nitrogen and oxygen atoms in total. The highest BCUT2D eigenvalue weighted by Gasteiger charge is 2.18. The van der Waals surface area contributed by atoms with Crippen LogP contribution in [0, 0.1) is 5.92 Å². The molecule has 1 fully saturated rings. The van der Waals surface area contributed by atoms with Crippen molar-refractivity contribution in [3.8, 4) is 5.75 Å². The Kier molecular flexibility index (Phi) is 3.07. The van der Waals surface area contributed by atoms with E-state index in [4.69, 9.17) is 0 Å². The summed E-state index contributed by atoms with van der Waals surface area (Å²) in [5.41, 5.74) is 1.23. The highest BCUT2D eigenvalue weighted by atomic mass is 32.2. The monoisotopic (exact) mass is 264 g/mol. The maximum absolute atomic E-state index is 12.0. The van der Waals surface area contributed by atoms with Gasteiger partial charge < -0.3 is 10.1 Å². The lowest BCUT2D eigenvalue weighted by Crippen LogP contribution is -2.24. The predicted molar refractivity (Wildman–Crippen MR) is 74.3 cm³/mol. The van der Waals surface area contributed by atoms with Crippen LogP contribution in [0.15, 0.2) is 23.0 Å². The molecule has 0 atom stereocenters. The number of imidazole rings is 1. The number of aromatic nitrogens is 2. The Morgan fingerprint density at radius 3 is 2.94 bits per heavy atom. The minimum absolute atomic E-state index is 0.121. The minimum atomic E-state index is -0.121. The molecule has 96 valence electrons. The molecule has 0 radical (unpaired) electrons. The number of thioether (sulfide) groups is 1. The van der Waals surface area contributed by atoms with E-state index in [9.17, 15) is 9.90 Å². The SMILES string of the molecule is O=c1[nH]c2cccc(O)c2n1CC1CCSCC1. The first-order valence-corrected chi connectivity index (χ1v) is 7.39. The van der Waals surface area contributed by atoms with E-state index in [1.807, 2.05) is 17.8 Å². The number of para-hydroxylation sites is 1. The third-order valence-electron chi connectivity index (χ3n) is 3.55. The van der Waals surface area contributed by atoms with Gasteiger partial charge in [0.2, 0.25) is 0 Å². The van der Waals surface area contributed by atoms with Crippen LogP contribution in [0.25, 0.3) is 11.0 Å². The van der Waals surface area contributed by atoms with Crippen LogP contribution in [0.4, 0.5) is 0 Å². The average Bonchev–Trinajstić information content (AvgIpc) is 2.69. The second kappa shape index (κ2) is 4.72. The van der Waals surface area contributed by atoms with Gasteiger partial charge in [-0.25, -0.2) is 4.79 Å². The molecule has 1 aliphatic rings. The van der Waals surface area contributed by atoms with Crippen LogP contribution in [0.3, 0.4) is 0 Å². The van der Waals surface area contributed by atoms with Gasteiger partial charge in [0.25, 0.3) is 0 Å². The molecule has 0 spiro atoms. The smallest absolute Gasteiger partial charge is 0.326 e. The van der Waals surface area contributed by atoms with Crippen LogP contribution >= 0.6 is 11.8 Å². The second-order valence-corrected chi connectivity index (χ2v) is 5.99. The Balaban J connectivity index is 2.00. The number of rotatable bonds is 2. The number of nitrogens with zero attached hydrogens (tertiary/aromatic N) is 1. The van der Waals surface area contributed by atoms with E-state index in [1.54, 1.807) is 16.7 Å². The van der Waals surface area contributed by atoms with E-state index in [1.165, 1.54) is 11.5 Å². The topological polar surface area (TPSA) is 58.0 Å². The van der Waals surface area contributed by atoms with Crippen molar-refractivity contribution in [2.45, 2.75) is 19.4 Å². The quantitative estimate of drug-likeness (QED) is 0.874. The van der Waals surface area contributed by atoms with Gasteiger partial charge in [0.05, 0.1) is 5.52 Å². The van der Waals surface area contributed by atoms with Crippen molar-refractivity contribution in [2.75, 3.05) is 11.5 Å². The van der Waals surface area contributed by atoms with Crippen LogP contribution in [0.2, 0.25) is 0 Å². The number of benzene rings is 1. The molecule has 2 N–H and O–H groups in total. The zero-order valence-corrected chi connectivity index (χ0v) is 10.9. The van der Waals surface area contributed by atoms with Crippen molar-refractivity contribution in [1.82, 2.24) is 9.55 Å². The van der Waals surface area contributed by atoms with Crippen molar-refractivity contribution in [3.05, 3.63) is 28.7 Å². The zero-order valence-electron chi connectivity index (χ0n) is 10.1. The fraction of sp³-hybridized carbons (Fsp3) is 0.462. The lowest BCUT2D eigenvalue weighted by atomic mass is 10.0. The van der Waals surface area contributed by atoms with E-state index in [0.717, 1.165) is 12.8 Å². The Morgan fingerprint density at radius 2 is 2.17 bits per heavy atom. The third-order valence-corrected chi connectivity index (χ3v) is 4.60. The number of aromatic amines is 1. The van der Waals surface area contributed by atoms with Crippen molar-refractivity contribution < 1.29 is 5.11 Å². The molecule has 0 saturated carbocycles. The molecule has 5 heteroatoms. The zero-order chi connectivity index (χ0) is 12.5. The van der Waals surface area contributed by atoms with E-state index >= 15 is 0 Å². The lowest BCUT2D eigenvalue weighted by molar-refractivity contribution is 0.412. The number of phenols is 1. The van der Waals surface area contributed by atoms with Crippen LogP contribution < -0.4 is 5.69 Å². The first-order chi connectivity index (χ1) is 8.75. The molecule has 2 heterocycles. The molecule has 1 aliphatic heterocycles. The largest absolute Gasteiger partial charge is 0.506 e. The fourth-order valence-corrected chi connectivity index (χ4v) is 3.77. The number of hydrogen-bond donors (Lipinski definition) is 2. The van der Waals surface area contributed by atoms with Crippen LogP contribution in [0.5, 0.6) is 5.75 Å². The van der Waals surface area contributed by atoms with E-state index in [2.05, 4.69) is 4.98 Å². The molecule has 18 heavy (non-hydrogen) atoms. The Labute approximate surface area is 109 Å². The van der Waals surface area contributed by atoms with E-state index in [0.29, 0.717) is 23.5 Å². The van der Waals surface area contributed by atoms with Gasteiger partial charge >= 0.3 is 5.69 Å².